The molecule has 2 N–H and O–H groups in total. The van der Waals surface area contributed by atoms with Crippen LogP contribution in [0.1, 0.15) is 48.8 Å². The maximum atomic E-state index is 14.9. The number of anilines is 1. The van der Waals surface area contributed by atoms with Crippen LogP contribution in [0.4, 0.5) is 18.9 Å². The molecule has 0 spiro atoms. The molecular weight excluding hydrogens is 637 g/mol. The van der Waals surface area contributed by atoms with Gasteiger partial charge in [0.2, 0.25) is 0 Å². The average Bonchev–Trinajstić information content (AvgIpc) is 3.04. The van der Waals surface area contributed by atoms with Gasteiger partial charge in [-0.3, -0.25) is 14.5 Å². The molecule has 5 rings (SSSR count). The number of ketones is 1. The smallest absolute Gasteiger partial charge is 0.416 e. The Morgan fingerprint density at radius 3 is 2.21 bits per heavy atom. The Hall–Kier alpha value is -4.77. The number of halogens is 4. The van der Waals surface area contributed by atoms with E-state index in [1.807, 2.05) is 0 Å². The summed E-state index contributed by atoms with van der Waals surface area (Å²) >= 11 is 6.19. The van der Waals surface area contributed by atoms with Gasteiger partial charge in [-0.15, -0.1) is 0 Å². The number of methoxy groups -OCH3 is 1. The number of allylic oxidation sites excluding steroid dienone is 2. The summed E-state index contributed by atoms with van der Waals surface area (Å²) in [5.74, 6) is -5.05. The van der Waals surface area contributed by atoms with Crippen molar-refractivity contribution < 1.29 is 41.8 Å². The van der Waals surface area contributed by atoms with Crippen molar-refractivity contribution in [1.82, 2.24) is 0 Å². The molecule has 0 amide bonds. The van der Waals surface area contributed by atoms with Crippen molar-refractivity contribution >= 4 is 35.0 Å². The van der Waals surface area contributed by atoms with Crippen LogP contribution in [0.5, 0.6) is 5.75 Å². The second kappa shape index (κ2) is 13.5. The minimum atomic E-state index is -4.60. The van der Waals surface area contributed by atoms with Crippen LogP contribution in [0.25, 0.3) is 0 Å². The minimum absolute atomic E-state index is 0.0125. The number of ether oxygens (including phenoxy) is 3. The highest BCUT2D eigenvalue weighted by Crippen LogP contribution is 2.52. The molecule has 0 unspecified atom stereocenters. The Balaban J connectivity index is 1.82. The number of esters is 2. The highest BCUT2D eigenvalue weighted by atomic mass is 35.5. The molecule has 0 saturated heterocycles. The molecule has 1 aliphatic heterocycles. The monoisotopic (exact) mass is 668 g/mol. The van der Waals surface area contributed by atoms with Crippen LogP contribution in [0.15, 0.2) is 95.5 Å². The number of carbonyl (C=O) groups excluding carboxylic acids is 3. The zero-order chi connectivity index (χ0) is 34.0. The van der Waals surface area contributed by atoms with Crippen molar-refractivity contribution in [2.24, 2.45) is 11.7 Å². The summed E-state index contributed by atoms with van der Waals surface area (Å²) < 4.78 is 56.8. The van der Waals surface area contributed by atoms with Crippen LogP contribution in [-0.2, 0) is 30.0 Å². The van der Waals surface area contributed by atoms with Gasteiger partial charge in [-0.25, -0.2) is 4.79 Å². The third-order valence-electron chi connectivity index (χ3n) is 8.25. The van der Waals surface area contributed by atoms with Gasteiger partial charge in [0.25, 0.3) is 0 Å². The maximum absolute atomic E-state index is 14.9. The Kier molecular flexibility index (Phi) is 9.67. The molecule has 0 saturated carbocycles. The van der Waals surface area contributed by atoms with Crippen LogP contribution >= 0.6 is 11.6 Å². The molecule has 1 aliphatic carbocycles. The topological polar surface area (TPSA) is 108 Å². The predicted molar refractivity (Wildman–Crippen MR) is 168 cm³/mol. The molecule has 246 valence electrons. The summed E-state index contributed by atoms with van der Waals surface area (Å²) in [6.45, 7) is 3.22. The predicted octanol–water partition coefficient (Wildman–Crippen LogP) is 6.89. The zero-order valence-electron chi connectivity index (χ0n) is 25.8. The van der Waals surface area contributed by atoms with Gasteiger partial charge in [0.05, 0.1) is 37.4 Å². The first-order chi connectivity index (χ1) is 22.4. The molecule has 0 fully saturated rings. The SMILES string of the molecule is CCOC(=O)C1=C(N)N(c2ccc(C(F)(F)F)cc2)C2=C(C(=O)[C@H](C(=O)OCC)[C@@H](c3cccc(OC)c3)C2)[C@H]1c1ccc(Cl)cc1. The Labute approximate surface area is 274 Å². The third kappa shape index (κ3) is 6.44. The van der Waals surface area contributed by atoms with Crippen LogP contribution < -0.4 is 15.4 Å². The maximum Gasteiger partial charge on any atom is 0.416 e. The van der Waals surface area contributed by atoms with Crippen LogP contribution in [0.2, 0.25) is 5.02 Å². The van der Waals surface area contributed by atoms with Gasteiger partial charge >= 0.3 is 18.1 Å². The van der Waals surface area contributed by atoms with E-state index in [4.69, 9.17) is 31.5 Å². The average molecular weight is 669 g/mol. The van der Waals surface area contributed by atoms with Gasteiger partial charge < -0.3 is 19.9 Å². The van der Waals surface area contributed by atoms with Crippen molar-refractivity contribution in [1.29, 1.82) is 0 Å². The quantitative estimate of drug-likeness (QED) is 0.204. The van der Waals surface area contributed by atoms with Gasteiger partial charge in [-0.2, -0.15) is 13.2 Å². The minimum Gasteiger partial charge on any atom is -0.497 e. The fourth-order valence-electron chi connectivity index (χ4n) is 6.21. The van der Waals surface area contributed by atoms with E-state index in [-0.39, 0.29) is 42.3 Å². The summed E-state index contributed by atoms with van der Waals surface area (Å²) in [4.78, 5) is 43.5. The lowest BCUT2D eigenvalue weighted by Gasteiger charge is -2.44. The highest BCUT2D eigenvalue weighted by molar-refractivity contribution is 6.30. The lowest BCUT2D eigenvalue weighted by atomic mass is 9.67. The fourth-order valence-corrected chi connectivity index (χ4v) is 6.33. The van der Waals surface area contributed by atoms with E-state index in [2.05, 4.69) is 0 Å². The van der Waals surface area contributed by atoms with Crippen molar-refractivity contribution in [3.8, 4) is 5.75 Å². The zero-order valence-corrected chi connectivity index (χ0v) is 26.5. The standard InChI is InChI=1S/C35H32ClF3N2O6/c1-4-46-33(43)28-25(20-7-6-8-24(17-20)45-3)18-26-29(31(28)42)27(19-9-13-22(36)14-10-19)30(34(44)47-5-2)32(40)41(26)23-15-11-21(12-16-23)35(37,38)39/h6-17,25,27-28H,4-5,18,40H2,1-3H3/t25-,27-,28-/m1/s1. The number of alkyl halides is 3. The van der Waals surface area contributed by atoms with Crippen molar-refractivity contribution in [2.75, 3.05) is 25.2 Å². The molecule has 0 aromatic heterocycles. The lowest BCUT2D eigenvalue weighted by Crippen LogP contribution is -2.46. The Morgan fingerprint density at radius 2 is 1.62 bits per heavy atom. The number of benzene rings is 3. The fraction of sp³-hybridized carbons (Fsp3) is 0.286. The summed E-state index contributed by atoms with van der Waals surface area (Å²) in [6.07, 6.45) is -4.58. The van der Waals surface area contributed by atoms with E-state index in [1.54, 1.807) is 62.4 Å². The van der Waals surface area contributed by atoms with E-state index in [1.165, 1.54) is 24.1 Å². The summed E-state index contributed by atoms with van der Waals surface area (Å²) in [5, 5.41) is 0.400. The Morgan fingerprint density at radius 1 is 0.957 bits per heavy atom. The molecule has 8 nitrogen and oxygen atoms in total. The second-order valence-electron chi connectivity index (χ2n) is 10.9. The number of hydrogen-bond donors (Lipinski definition) is 1. The van der Waals surface area contributed by atoms with Gasteiger partial charge in [0.15, 0.2) is 5.78 Å². The van der Waals surface area contributed by atoms with Crippen molar-refractivity contribution in [3.05, 3.63) is 117 Å². The highest BCUT2D eigenvalue weighted by Gasteiger charge is 2.51. The first-order valence-corrected chi connectivity index (χ1v) is 15.3. The summed E-state index contributed by atoms with van der Waals surface area (Å²) in [6, 6.07) is 17.6. The normalized spacial score (nSPS) is 19.8. The second-order valence-corrected chi connectivity index (χ2v) is 11.4. The number of nitrogens with zero attached hydrogens (tertiary/aromatic N) is 1. The molecule has 0 bridgehead atoms. The molecule has 2 aliphatic rings. The summed E-state index contributed by atoms with van der Waals surface area (Å²) in [5.41, 5.74) is 7.41. The first kappa shape index (κ1) is 33.6. The molecule has 3 aromatic carbocycles. The van der Waals surface area contributed by atoms with Crippen molar-refractivity contribution in [3.63, 3.8) is 0 Å². The van der Waals surface area contributed by atoms with Crippen LogP contribution in [0, 0.1) is 5.92 Å². The van der Waals surface area contributed by atoms with E-state index >= 15 is 0 Å². The number of rotatable bonds is 8. The molecule has 3 atom stereocenters. The van der Waals surface area contributed by atoms with E-state index < -0.39 is 47.2 Å². The van der Waals surface area contributed by atoms with Crippen LogP contribution in [0.3, 0.4) is 0 Å². The van der Waals surface area contributed by atoms with Gasteiger partial charge in [0.1, 0.15) is 17.5 Å². The Bertz CT molecular complexity index is 1750. The molecule has 47 heavy (non-hydrogen) atoms. The molecule has 3 aromatic rings. The molecule has 0 radical (unpaired) electrons. The summed E-state index contributed by atoms with van der Waals surface area (Å²) in [7, 11) is 1.49. The number of carbonyl (C=O) groups is 3. The van der Waals surface area contributed by atoms with E-state index in [9.17, 15) is 27.6 Å². The third-order valence-corrected chi connectivity index (χ3v) is 8.50. The van der Waals surface area contributed by atoms with Gasteiger partial charge in [-0.05, 0) is 79.9 Å². The van der Waals surface area contributed by atoms with Gasteiger partial charge in [-0.1, -0.05) is 35.9 Å². The number of hydrogen-bond acceptors (Lipinski definition) is 8. The first-order valence-electron chi connectivity index (χ1n) is 14.9. The molecular formula is C35H32ClF3N2O6. The van der Waals surface area contributed by atoms with Gasteiger partial charge in [0, 0.05) is 27.9 Å². The van der Waals surface area contributed by atoms with Crippen LogP contribution in [-0.4, -0.2) is 38.0 Å². The molecule has 12 heteroatoms. The molecule has 1 heterocycles. The lowest BCUT2D eigenvalue weighted by molar-refractivity contribution is -0.152. The van der Waals surface area contributed by atoms with Crippen molar-refractivity contribution in [2.45, 2.75) is 38.3 Å². The van der Waals surface area contributed by atoms with E-state index in [0.29, 0.717) is 27.6 Å². The number of Topliss-reactive ketones (excluding diaryl/α,β-unsaturated/α-hetero) is 1. The number of nitrogens with two attached hydrogens (primary N) is 1. The largest absolute Gasteiger partial charge is 0.497 e. The van der Waals surface area contributed by atoms with E-state index in [0.717, 1.165) is 12.1 Å².